The van der Waals surface area contributed by atoms with Crippen LogP contribution in [0, 0.1) is 10.5 Å². The molecule has 0 atom stereocenters. The molecular weight excluding hydrogens is 315 g/mol. The summed E-state index contributed by atoms with van der Waals surface area (Å²) in [6.45, 7) is 2.14. The van der Waals surface area contributed by atoms with Crippen LogP contribution < -0.4 is 0 Å². The molecular formula is C10H8ClIS. The van der Waals surface area contributed by atoms with E-state index in [0.29, 0.717) is 5.88 Å². The van der Waals surface area contributed by atoms with Crippen molar-refractivity contribution in [1.29, 1.82) is 0 Å². The quantitative estimate of drug-likeness (QED) is 0.533. The van der Waals surface area contributed by atoms with Crippen LogP contribution in [0.1, 0.15) is 11.1 Å². The van der Waals surface area contributed by atoms with Gasteiger partial charge in [0.15, 0.2) is 0 Å². The molecule has 3 heteroatoms. The average Bonchev–Trinajstić information content (AvgIpc) is 2.59. The third-order valence-electron chi connectivity index (χ3n) is 2.18. The van der Waals surface area contributed by atoms with Gasteiger partial charge in [-0.2, -0.15) is 0 Å². The Labute approximate surface area is 100 Å². The highest BCUT2D eigenvalue weighted by atomic mass is 127. The first kappa shape index (κ1) is 9.74. The molecule has 0 saturated heterocycles. The molecule has 0 aliphatic carbocycles. The molecule has 1 heterocycles. The first-order chi connectivity index (χ1) is 6.24. The predicted octanol–water partition coefficient (Wildman–Crippen LogP) is 4.55. The molecule has 0 amide bonds. The van der Waals surface area contributed by atoms with E-state index in [-0.39, 0.29) is 0 Å². The second kappa shape index (κ2) is 3.75. The number of hydrogen-bond donors (Lipinski definition) is 0. The van der Waals surface area contributed by atoms with Crippen molar-refractivity contribution >= 4 is 55.6 Å². The molecule has 1 aromatic heterocycles. The molecule has 1 aromatic carbocycles. The molecule has 2 rings (SSSR count). The smallest absolute Gasteiger partial charge is 0.0479 e. The van der Waals surface area contributed by atoms with Gasteiger partial charge in [-0.25, -0.2) is 0 Å². The van der Waals surface area contributed by atoms with E-state index in [4.69, 9.17) is 11.6 Å². The van der Waals surface area contributed by atoms with Gasteiger partial charge in [0, 0.05) is 14.2 Å². The second-order valence-electron chi connectivity index (χ2n) is 2.95. The van der Waals surface area contributed by atoms with Crippen molar-refractivity contribution < 1.29 is 0 Å². The summed E-state index contributed by atoms with van der Waals surface area (Å²) in [4.78, 5) is 0. The molecule has 68 valence electrons. The summed E-state index contributed by atoms with van der Waals surface area (Å²) < 4.78 is 2.73. The van der Waals surface area contributed by atoms with Crippen LogP contribution in [0.2, 0.25) is 0 Å². The number of thiophene rings is 1. The van der Waals surface area contributed by atoms with Gasteiger partial charge in [-0.1, -0.05) is 0 Å². The third-order valence-corrected chi connectivity index (χ3v) is 5.13. The van der Waals surface area contributed by atoms with E-state index in [1.807, 2.05) is 0 Å². The molecule has 0 N–H and O–H groups in total. The van der Waals surface area contributed by atoms with Crippen LogP contribution in [0.25, 0.3) is 10.1 Å². The Kier molecular flexibility index (Phi) is 2.81. The van der Waals surface area contributed by atoms with E-state index in [2.05, 4.69) is 47.0 Å². The molecule has 0 aliphatic rings. The molecule has 0 aliphatic heterocycles. The summed E-state index contributed by atoms with van der Waals surface area (Å²) in [6.07, 6.45) is 0. The maximum atomic E-state index is 5.87. The summed E-state index contributed by atoms with van der Waals surface area (Å²) in [5.41, 5.74) is 2.57. The van der Waals surface area contributed by atoms with Crippen molar-refractivity contribution in [3.05, 3.63) is 32.2 Å². The van der Waals surface area contributed by atoms with Gasteiger partial charge < -0.3 is 0 Å². The van der Waals surface area contributed by atoms with Gasteiger partial charge in [0.2, 0.25) is 0 Å². The van der Waals surface area contributed by atoms with Crippen LogP contribution in [0.15, 0.2) is 17.5 Å². The van der Waals surface area contributed by atoms with Gasteiger partial charge >= 0.3 is 0 Å². The van der Waals surface area contributed by atoms with E-state index in [9.17, 15) is 0 Å². The van der Waals surface area contributed by atoms with Crippen molar-refractivity contribution in [3.63, 3.8) is 0 Å². The predicted molar refractivity (Wildman–Crippen MR) is 68.8 cm³/mol. The SMILES string of the molecule is Cc1c(CCl)cc2ccsc2c1I. The molecule has 0 unspecified atom stereocenters. The van der Waals surface area contributed by atoms with Crippen LogP contribution in [0.4, 0.5) is 0 Å². The average molecular weight is 323 g/mol. The topological polar surface area (TPSA) is 0 Å². The van der Waals surface area contributed by atoms with Gasteiger partial charge in [-0.15, -0.1) is 22.9 Å². The molecule has 0 nitrogen and oxygen atoms in total. The zero-order chi connectivity index (χ0) is 9.42. The lowest BCUT2D eigenvalue weighted by Gasteiger charge is -2.05. The summed E-state index contributed by atoms with van der Waals surface area (Å²) >= 11 is 10.1. The third kappa shape index (κ3) is 1.60. The van der Waals surface area contributed by atoms with Gasteiger partial charge in [0.1, 0.15) is 0 Å². The summed E-state index contributed by atoms with van der Waals surface area (Å²) in [5, 5.41) is 3.44. The monoisotopic (exact) mass is 322 g/mol. The minimum Gasteiger partial charge on any atom is -0.143 e. The number of rotatable bonds is 1. The Morgan fingerprint density at radius 2 is 2.31 bits per heavy atom. The van der Waals surface area contributed by atoms with Crippen molar-refractivity contribution in [1.82, 2.24) is 0 Å². The van der Waals surface area contributed by atoms with Crippen LogP contribution in [-0.2, 0) is 5.88 Å². The fraction of sp³-hybridized carbons (Fsp3) is 0.200. The highest BCUT2D eigenvalue weighted by molar-refractivity contribution is 14.1. The van der Waals surface area contributed by atoms with Gasteiger partial charge in [0.25, 0.3) is 0 Å². The standard InChI is InChI=1S/C10H8ClIS/c1-6-8(5-11)4-7-2-3-13-10(7)9(6)12/h2-4H,5H2,1H3. The Balaban J connectivity index is 2.83. The van der Waals surface area contributed by atoms with Crippen LogP contribution in [0.3, 0.4) is 0 Å². The number of hydrogen-bond acceptors (Lipinski definition) is 1. The maximum absolute atomic E-state index is 5.87. The van der Waals surface area contributed by atoms with Crippen molar-refractivity contribution in [2.24, 2.45) is 0 Å². The Bertz CT molecular complexity index is 447. The first-order valence-electron chi connectivity index (χ1n) is 3.95. The Hall–Kier alpha value is 0.200. The summed E-state index contributed by atoms with van der Waals surface area (Å²) in [7, 11) is 0. The number of benzene rings is 1. The van der Waals surface area contributed by atoms with E-state index < -0.39 is 0 Å². The Morgan fingerprint density at radius 1 is 1.54 bits per heavy atom. The zero-order valence-electron chi connectivity index (χ0n) is 7.10. The van der Waals surface area contributed by atoms with Crippen molar-refractivity contribution in [2.45, 2.75) is 12.8 Å². The largest absolute Gasteiger partial charge is 0.143 e. The van der Waals surface area contributed by atoms with E-state index >= 15 is 0 Å². The Morgan fingerprint density at radius 3 is 3.00 bits per heavy atom. The van der Waals surface area contributed by atoms with Crippen molar-refractivity contribution in [3.8, 4) is 0 Å². The lowest BCUT2D eigenvalue weighted by molar-refractivity contribution is 1.31. The van der Waals surface area contributed by atoms with Crippen LogP contribution >= 0.6 is 45.5 Å². The molecule has 0 radical (unpaired) electrons. The highest BCUT2D eigenvalue weighted by Crippen LogP contribution is 2.31. The normalized spacial score (nSPS) is 11.0. The van der Waals surface area contributed by atoms with Gasteiger partial charge in [-0.05, 0) is 63.5 Å². The van der Waals surface area contributed by atoms with Gasteiger partial charge in [0.05, 0.1) is 0 Å². The first-order valence-corrected chi connectivity index (χ1v) is 6.44. The van der Waals surface area contributed by atoms with E-state index in [0.717, 1.165) is 0 Å². The van der Waals surface area contributed by atoms with Gasteiger partial charge in [-0.3, -0.25) is 0 Å². The lowest BCUT2D eigenvalue weighted by Crippen LogP contribution is -1.88. The minimum atomic E-state index is 0.605. The van der Waals surface area contributed by atoms with E-state index in [1.165, 1.54) is 24.8 Å². The fourth-order valence-electron chi connectivity index (χ4n) is 1.36. The molecule has 0 bridgehead atoms. The highest BCUT2D eigenvalue weighted by Gasteiger charge is 2.07. The maximum Gasteiger partial charge on any atom is 0.0479 e. The summed E-state index contributed by atoms with van der Waals surface area (Å²) in [5.74, 6) is 0.605. The number of alkyl halides is 1. The van der Waals surface area contributed by atoms with Crippen molar-refractivity contribution in [2.75, 3.05) is 0 Å². The molecule has 0 spiro atoms. The zero-order valence-corrected chi connectivity index (χ0v) is 10.8. The van der Waals surface area contributed by atoms with Crippen LogP contribution in [0.5, 0.6) is 0 Å². The number of fused-ring (bicyclic) bond motifs is 1. The number of halogens is 2. The molecule has 13 heavy (non-hydrogen) atoms. The van der Waals surface area contributed by atoms with Crippen LogP contribution in [-0.4, -0.2) is 0 Å². The molecule has 0 fully saturated rings. The minimum absolute atomic E-state index is 0.605. The summed E-state index contributed by atoms with van der Waals surface area (Å²) in [6, 6.07) is 4.34. The lowest BCUT2D eigenvalue weighted by atomic mass is 10.1. The molecule has 2 aromatic rings. The fourth-order valence-corrected chi connectivity index (χ4v) is 3.54. The van der Waals surface area contributed by atoms with E-state index in [1.54, 1.807) is 11.3 Å². The second-order valence-corrected chi connectivity index (χ2v) is 5.21. The molecule has 0 saturated carbocycles.